The van der Waals surface area contributed by atoms with Crippen molar-refractivity contribution in [3.05, 3.63) is 0 Å². The van der Waals surface area contributed by atoms with Gasteiger partial charge < -0.3 is 10.6 Å². The van der Waals surface area contributed by atoms with Gasteiger partial charge in [-0.3, -0.25) is 0 Å². The Bertz CT molecular complexity index is 147. The molecule has 0 aromatic heterocycles. The van der Waals surface area contributed by atoms with Crippen LogP contribution in [0.15, 0.2) is 0 Å². The molecule has 0 amide bonds. The van der Waals surface area contributed by atoms with Gasteiger partial charge in [-0.15, -0.1) is 0 Å². The van der Waals surface area contributed by atoms with Crippen molar-refractivity contribution < 1.29 is 0 Å². The first-order chi connectivity index (χ1) is 7.42. The monoisotopic (exact) mass is 228 g/mol. The highest BCUT2D eigenvalue weighted by Crippen LogP contribution is 2.10. The normalized spacial score (nSPS) is 12.4. The van der Waals surface area contributed by atoms with Gasteiger partial charge in [0.2, 0.25) is 0 Å². The largest absolute Gasteiger partial charge is 0.316 e. The van der Waals surface area contributed by atoms with E-state index in [4.69, 9.17) is 0 Å². The van der Waals surface area contributed by atoms with Gasteiger partial charge in [-0.05, 0) is 50.4 Å². The number of rotatable bonds is 9. The smallest absolute Gasteiger partial charge is 0.0000126 e. The number of unbranched alkanes of at least 4 members (excludes halogenated alkanes) is 2. The number of hydrogen-bond acceptors (Lipinski definition) is 2. The maximum Gasteiger partial charge on any atom is -0.0000126 e. The summed E-state index contributed by atoms with van der Waals surface area (Å²) >= 11 is 0. The SMILES string of the molecule is CC(C)CNCCCCCNCC(C)(C)C. The summed E-state index contributed by atoms with van der Waals surface area (Å²) in [7, 11) is 0. The lowest BCUT2D eigenvalue weighted by atomic mass is 9.97. The van der Waals surface area contributed by atoms with E-state index in [9.17, 15) is 0 Å². The van der Waals surface area contributed by atoms with E-state index in [0.29, 0.717) is 5.41 Å². The van der Waals surface area contributed by atoms with E-state index in [2.05, 4.69) is 45.3 Å². The predicted octanol–water partition coefficient (Wildman–Crippen LogP) is 3.04. The minimum atomic E-state index is 0.415. The molecule has 0 saturated heterocycles. The van der Waals surface area contributed by atoms with Crippen molar-refractivity contribution in [1.29, 1.82) is 0 Å². The molecular formula is C14H32N2. The van der Waals surface area contributed by atoms with E-state index in [1.165, 1.54) is 32.4 Å². The van der Waals surface area contributed by atoms with Crippen molar-refractivity contribution in [3.63, 3.8) is 0 Å². The summed E-state index contributed by atoms with van der Waals surface area (Å²) in [4.78, 5) is 0. The van der Waals surface area contributed by atoms with Crippen LogP contribution in [0.25, 0.3) is 0 Å². The van der Waals surface area contributed by atoms with E-state index in [1.807, 2.05) is 0 Å². The van der Waals surface area contributed by atoms with Crippen LogP contribution in [0.1, 0.15) is 53.9 Å². The van der Waals surface area contributed by atoms with Crippen LogP contribution in [-0.4, -0.2) is 26.2 Å². The maximum absolute atomic E-state index is 3.51. The standard InChI is InChI=1S/C14H32N2/c1-13(2)11-15-9-7-6-8-10-16-12-14(3,4)5/h13,15-16H,6-12H2,1-5H3. The molecule has 0 heterocycles. The van der Waals surface area contributed by atoms with E-state index in [1.54, 1.807) is 0 Å². The Morgan fingerprint density at radius 3 is 1.94 bits per heavy atom. The Kier molecular flexibility index (Phi) is 8.96. The van der Waals surface area contributed by atoms with E-state index >= 15 is 0 Å². The Balaban J connectivity index is 3.05. The molecule has 0 saturated carbocycles. The minimum Gasteiger partial charge on any atom is -0.316 e. The molecule has 0 fully saturated rings. The fourth-order valence-corrected chi connectivity index (χ4v) is 1.53. The lowest BCUT2D eigenvalue weighted by Gasteiger charge is -2.18. The van der Waals surface area contributed by atoms with Gasteiger partial charge in [-0.2, -0.15) is 0 Å². The van der Waals surface area contributed by atoms with Crippen LogP contribution in [0.4, 0.5) is 0 Å². The molecule has 0 aliphatic carbocycles. The van der Waals surface area contributed by atoms with Crippen molar-refractivity contribution in [2.45, 2.75) is 53.9 Å². The van der Waals surface area contributed by atoms with Gasteiger partial charge in [0.25, 0.3) is 0 Å². The van der Waals surface area contributed by atoms with Crippen LogP contribution < -0.4 is 10.6 Å². The summed E-state index contributed by atoms with van der Waals surface area (Å²) in [6.45, 7) is 16.0. The lowest BCUT2D eigenvalue weighted by molar-refractivity contribution is 0.377. The van der Waals surface area contributed by atoms with Gasteiger partial charge in [-0.1, -0.05) is 41.0 Å². The molecule has 2 heteroatoms. The molecule has 0 aromatic carbocycles. The average molecular weight is 228 g/mol. The third-order valence-corrected chi connectivity index (χ3v) is 2.42. The first-order valence-corrected chi connectivity index (χ1v) is 6.83. The second-order valence-electron chi connectivity index (χ2n) is 6.40. The van der Waals surface area contributed by atoms with Crippen molar-refractivity contribution in [3.8, 4) is 0 Å². The highest BCUT2D eigenvalue weighted by Gasteiger charge is 2.07. The summed E-state index contributed by atoms with van der Waals surface area (Å²) < 4.78 is 0. The average Bonchev–Trinajstić information content (AvgIpc) is 2.13. The van der Waals surface area contributed by atoms with E-state index in [0.717, 1.165) is 19.0 Å². The summed E-state index contributed by atoms with van der Waals surface area (Å²) in [5.74, 6) is 0.772. The highest BCUT2D eigenvalue weighted by molar-refractivity contribution is 4.64. The molecule has 0 aromatic rings. The molecule has 0 aliphatic heterocycles. The Labute approximate surface area is 103 Å². The second kappa shape index (κ2) is 9.00. The summed E-state index contributed by atoms with van der Waals surface area (Å²) in [6.07, 6.45) is 3.95. The topological polar surface area (TPSA) is 24.1 Å². The fraction of sp³-hybridized carbons (Fsp3) is 1.00. The van der Waals surface area contributed by atoms with Crippen molar-refractivity contribution in [1.82, 2.24) is 10.6 Å². The van der Waals surface area contributed by atoms with Crippen LogP contribution in [0, 0.1) is 11.3 Å². The quantitative estimate of drug-likeness (QED) is 0.593. The van der Waals surface area contributed by atoms with Gasteiger partial charge in [0.1, 0.15) is 0 Å². The molecule has 2 N–H and O–H groups in total. The molecule has 0 bridgehead atoms. The predicted molar refractivity (Wildman–Crippen MR) is 73.9 cm³/mol. The van der Waals surface area contributed by atoms with Crippen molar-refractivity contribution in [2.75, 3.05) is 26.2 Å². The highest BCUT2D eigenvalue weighted by atomic mass is 14.9. The zero-order valence-electron chi connectivity index (χ0n) is 12.0. The Morgan fingerprint density at radius 2 is 1.44 bits per heavy atom. The van der Waals surface area contributed by atoms with E-state index < -0.39 is 0 Å². The van der Waals surface area contributed by atoms with Crippen LogP contribution in [-0.2, 0) is 0 Å². The van der Waals surface area contributed by atoms with Crippen molar-refractivity contribution in [2.24, 2.45) is 11.3 Å². The molecule has 0 spiro atoms. The van der Waals surface area contributed by atoms with Crippen LogP contribution >= 0.6 is 0 Å². The van der Waals surface area contributed by atoms with Crippen LogP contribution in [0.5, 0.6) is 0 Å². The Morgan fingerprint density at radius 1 is 0.875 bits per heavy atom. The van der Waals surface area contributed by atoms with Gasteiger partial charge in [0, 0.05) is 0 Å². The molecule has 0 aliphatic rings. The maximum atomic E-state index is 3.51. The molecular weight excluding hydrogens is 196 g/mol. The molecule has 0 radical (unpaired) electrons. The molecule has 0 atom stereocenters. The fourth-order valence-electron chi connectivity index (χ4n) is 1.53. The molecule has 0 rings (SSSR count). The first-order valence-electron chi connectivity index (χ1n) is 6.83. The van der Waals surface area contributed by atoms with Gasteiger partial charge in [0.15, 0.2) is 0 Å². The summed E-state index contributed by atoms with van der Waals surface area (Å²) in [6, 6.07) is 0. The van der Waals surface area contributed by atoms with Gasteiger partial charge in [-0.25, -0.2) is 0 Å². The zero-order chi connectivity index (χ0) is 12.4. The summed E-state index contributed by atoms with van der Waals surface area (Å²) in [5.41, 5.74) is 0.415. The van der Waals surface area contributed by atoms with E-state index in [-0.39, 0.29) is 0 Å². The van der Waals surface area contributed by atoms with Gasteiger partial charge in [0.05, 0.1) is 0 Å². The molecule has 98 valence electrons. The third-order valence-electron chi connectivity index (χ3n) is 2.42. The first kappa shape index (κ1) is 15.9. The van der Waals surface area contributed by atoms with Gasteiger partial charge >= 0.3 is 0 Å². The summed E-state index contributed by atoms with van der Waals surface area (Å²) in [5, 5.41) is 6.99. The number of hydrogen-bond donors (Lipinski definition) is 2. The van der Waals surface area contributed by atoms with Crippen LogP contribution in [0.2, 0.25) is 0 Å². The molecule has 0 unspecified atom stereocenters. The minimum absolute atomic E-state index is 0.415. The Hall–Kier alpha value is -0.0800. The third kappa shape index (κ3) is 13.9. The molecule has 2 nitrogen and oxygen atoms in total. The molecule has 16 heavy (non-hydrogen) atoms. The van der Waals surface area contributed by atoms with Crippen LogP contribution in [0.3, 0.4) is 0 Å². The number of nitrogens with one attached hydrogen (secondary N) is 2. The lowest BCUT2D eigenvalue weighted by Crippen LogP contribution is -2.27. The second-order valence-corrected chi connectivity index (χ2v) is 6.40. The van der Waals surface area contributed by atoms with Crippen molar-refractivity contribution >= 4 is 0 Å². The zero-order valence-corrected chi connectivity index (χ0v) is 12.0.